The maximum Gasteiger partial charge on any atom is 0.166 e. The third-order valence-electron chi connectivity index (χ3n) is 3.23. The van der Waals surface area contributed by atoms with E-state index in [2.05, 4.69) is 0 Å². The molecule has 17 heavy (non-hydrogen) atoms. The molecule has 0 heterocycles. The summed E-state index contributed by atoms with van der Waals surface area (Å²) in [5, 5.41) is 0. The molecule has 0 saturated heterocycles. The zero-order valence-electron chi connectivity index (χ0n) is 10.6. The van der Waals surface area contributed by atoms with Gasteiger partial charge in [0.1, 0.15) is 0 Å². The molecule has 0 spiro atoms. The summed E-state index contributed by atoms with van der Waals surface area (Å²) in [5.74, 6) is 1.46. The van der Waals surface area contributed by atoms with Crippen LogP contribution in [0.3, 0.4) is 0 Å². The fraction of sp³-hybridized carbons (Fsp3) is 0.538. The summed E-state index contributed by atoms with van der Waals surface area (Å²) in [4.78, 5) is 0. The fourth-order valence-electron chi connectivity index (χ4n) is 2.10. The number of nitrogens with two attached hydrogens (primary N) is 1. The molecular formula is C13H19NO3. The van der Waals surface area contributed by atoms with E-state index in [9.17, 15) is 0 Å². The average Bonchev–Trinajstić information content (AvgIpc) is 3.08. The molecule has 0 atom stereocenters. The molecule has 1 aliphatic rings. The summed E-state index contributed by atoms with van der Waals surface area (Å²) in [6, 6.07) is 4.01. The zero-order valence-corrected chi connectivity index (χ0v) is 10.6. The Labute approximate surface area is 102 Å². The van der Waals surface area contributed by atoms with E-state index in [0.29, 0.717) is 6.61 Å². The second-order valence-corrected chi connectivity index (χ2v) is 4.43. The number of benzene rings is 1. The highest BCUT2D eigenvalue weighted by Gasteiger charge is 2.43. The van der Waals surface area contributed by atoms with Gasteiger partial charge in [0.25, 0.3) is 0 Å². The van der Waals surface area contributed by atoms with Crippen molar-refractivity contribution in [2.24, 2.45) is 5.73 Å². The number of ether oxygens (including phenoxy) is 3. The van der Waals surface area contributed by atoms with Crippen molar-refractivity contribution in [1.82, 2.24) is 0 Å². The molecule has 4 heteroatoms. The van der Waals surface area contributed by atoms with Gasteiger partial charge >= 0.3 is 0 Å². The Balaban J connectivity index is 2.49. The molecule has 1 aromatic rings. The van der Waals surface area contributed by atoms with Crippen LogP contribution in [0.25, 0.3) is 0 Å². The van der Waals surface area contributed by atoms with Crippen molar-refractivity contribution in [3.8, 4) is 11.5 Å². The summed E-state index contributed by atoms with van der Waals surface area (Å²) < 4.78 is 16.0. The number of methoxy groups -OCH3 is 3. The molecule has 2 N–H and O–H groups in total. The van der Waals surface area contributed by atoms with E-state index in [0.717, 1.165) is 35.5 Å². The lowest BCUT2D eigenvalue weighted by atomic mass is 10.0. The summed E-state index contributed by atoms with van der Waals surface area (Å²) in [6.45, 7) is 0.497. The first-order valence-electron chi connectivity index (χ1n) is 5.68. The van der Waals surface area contributed by atoms with Gasteiger partial charge in [-0.15, -0.1) is 0 Å². The molecule has 1 fully saturated rings. The minimum absolute atomic E-state index is 0.232. The summed E-state index contributed by atoms with van der Waals surface area (Å²) in [5.41, 5.74) is 7.99. The highest BCUT2D eigenvalue weighted by atomic mass is 16.5. The van der Waals surface area contributed by atoms with Gasteiger partial charge in [-0.3, -0.25) is 0 Å². The van der Waals surface area contributed by atoms with Crippen molar-refractivity contribution in [2.75, 3.05) is 21.3 Å². The van der Waals surface area contributed by atoms with E-state index in [1.807, 2.05) is 12.1 Å². The molecule has 0 unspecified atom stereocenters. The van der Waals surface area contributed by atoms with Gasteiger partial charge in [-0.05, 0) is 12.8 Å². The second kappa shape index (κ2) is 4.55. The highest BCUT2D eigenvalue weighted by molar-refractivity contribution is 5.55. The lowest BCUT2D eigenvalue weighted by molar-refractivity contribution is 0.180. The van der Waals surface area contributed by atoms with Crippen LogP contribution in [-0.4, -0.2) is 21.3 Å². The third-order valence-corrected chi connectivity index (χ3v) is 3.23. The van der Waals surface area contributed by atoms with Crippen LogP contribution in [0.15, 0.2) is 12.1 Å². The van der Waals surface area contributed by atoms with Gasteiger partial charge in [0, 0.05) is 23.8 Å². The Bertz CT molecular complexity index is 413. The molecule has 1 aromatic carbocycles. The average molecular weight is 237 g/mol. The van der Waals surface area contributed by atoms with E-state index in [1.165, 1.54) is 0 Å². The van der Waals surface area contributed by atoms with Crippen LogP contribution in [0.2, 0.25) is 0 Å². The fourth-order valence-corrected chi connectivity index (χ4v) is 2.10. The zero-order chi connectivity index (χ0) is 12.5. The molecule has 94 valence electrons. The molecule has 0 bridgehead atoms. The predicted molar refractivity (Wildman–Crippen MR) is 65.4 cm³/mol. The molecule has 4 nitrogen and oxygen atoms in total. The number of hydrogen-bond donors (Lipinski definition) is 1. The maximum atomic E-state index is 6.23. The lowest BCUT2D eigenvalue weighted by Crippen LogP contribution is -2.20. The third kappa shape index (κ3) is 2.10. The molecule has 1 aliphatic carbocycles. The first-order valence-corrected chi connectivity index (χ1v) is 5.68. The van der Waals surface area contributed by atoms with Crippen LogP contribution in [0, 0.1) is 0 Å². The van der Waals surface area contributed by atoms with Gasteiger partial charge in [0.05, 0.1) is 20.8 Å². The van der Waals surface area contributed by atoms with Gasteiger partial charge in [-0.25, -0.2) is 0 Å². The predicted octanol–water partition coefficient (Wildman–Crippen LogP) is 1.80. The topological polar surface area (TPSA) is 53.7 Å². The normalized spacial score (nSPS) is 16.7. The molecule has 0 aliphatic heterocycles. The minimum Gasteiger partial charge on any atom is -0.492 e. The van der Waals surface area contributed by atoms with Gasteiger partial charge in [0.15, 0.2) is 11.5 Å². The number of hydrogen-bond acceptors (Lipinski definition) is 4. The van der Waals surface area contributed by atoms with Crippen LogP contribution in [-0.2, 0) is 16.9 Å². The molecule has 0 radical (unpaired) electrons. The SMILES string of the molecule is COCc1ccc(C2(N)CC2)c(OC)c1OC. The van der Waals surface area contributed by atoms with Crippen molar-refractivity contribution >= 4 is 0 Å². The molecule has 0 amide bonds. The largest absolute Gasteiger partial charge is 0.492 e. The van der Waals surface area contributed by atoms with E-state index in [1.54, 1.807) is 21.3 Å². The Hall–Kier alpha value is -1.26. The van der Waals surface area contributed by atoms with E-state index in [-0.39, 0.29) is 5.54 Å². The molecule has 1 saturated carbocycles. The van der Waals surface area contributed by atoms with Gasteiger partial charge < -0.3 is 19.9 Å². The van der Waals surface area contributed by atoms with Gasteiger partial charge in [-0.2, -0.15) is 0 Å². The van der Waals surface area contributed by atoms with Crippen LogP contribution >= 0.6 is 0 Å². The minimum atomic E-state index is -0.232. The number of rotatable bonds is 5. The molecule has 0 aromatic heterocycles. The van der Waals surface area contributed by atoms with Crippen LogP contribution in [0.5, 0.6) is 11.5 Å². The Morgan fingerprint density at radius 3 is 2.24 bits per heavy atom. The van der Waals surface area contributed by atoms with Crippen molar-refractivity contribution in [1.29, 1.82) is 0 Å². The Morgan fingerprint density at radius 1 is 1.12 bits per heavy atom. The van der Waals surface area contributed by atoms with Gasteiger partial charge in [0.2, 0.25) is 0 Å². The lowest BCUT2D eigenvalue weighted by Gasteiger charge is -2.19. The van der Waals surface area contributed by atoms with E-state index >= 15 is 0 Å². The Morgan fingerprint density at radius 2 is 1.76 bits per heavy atom. The van der Waals surface area contributed by atoms with Crippen molar-refractivity contribution in [3.63, 3.8) is 0 Å². The van der Waals surface area contributed by atoms with Crippen LogP contribution in [0.4, 0.5) is 0 Å². The molecule has 2 rings (SSSR count). The first kappa shape index (κ1) is 12.2. The molecular weight excluding hydrogens is 218 g/mol. The van der Waals surface area contributed by atoms with Crippen molar-refractivity contribution in [3.05, 3.63) is 23.3 Å². The smallest absolute Gasteiger partial charge is 0.166 e. The van der Waals surface area contributed by atoms with Crippen LogP contribution in [0.1, 0.15) is 24.0 Å². The highest BCUT2D eigenvalue weighted by Crippen LogP contribution is 2.49. The standard InChI is InChI=1S/C13H19NO3/c1-15-8-9-4-5-10(13(14)6-7-13)12(17-3)11(9)16-2/h4-5H,6-8,14H2,1-3H3. The quantitative estimate of drug-likeness (QED) is 0.848. The van der Waals surface area contributed by atoms with Crippen LogP contribution < -0.4 is 15.2 Å². The first-order chi connectivity index (χ1) is 8.16. The Kier molecular flexibility index (Phi) is 3.26. The summed E-state index contributed by atoms with van der Waals surface area (Å²) >= 11 is 0. The van der Waals surface area contributed by atoms with Crippen molar-refractivity contribution in [2.45, 2.75) is 25.0 Å². The van der Waals surface area contributed by atoms with E-state index in [4.69, 9.17) is 19.9 Å². The van der Waals surface area contributed by atoms with Gasteiger partial charge in [-0.1, -0.05) is 12.1 Å². The summed E-state index contributed by atoms with van der Waals surface area (Å²) in [6.07, 6.45) is 1.99. The monoisotopic (exact) mass is 237 g/mol. The maximum absolute atomic E-state index is 6.23. The van der Waals surface area contributed by atoms with Crippen molar-refractivity contribution < 1.29 is 14.2 Å². The second-order valence-electron chi connectivity index (χ2n) is 4.43. The van der Waals surface area contributed by atoms with E-state index < -0.39 is 0 Å². The summed E-state index contributed by atoms with van der Waals surface area (Å²) in [7, 11) is 4.94.